The van der Waals surface area contributed by atoms with Crippen LogP contribution in [0.2, 0.25) is 4.34 Å². The zero-order valence-corrected chi connectivity index (χ0v) is 13.3. The number of carbonyl (C=O) groups excluding carboxylic acids is 1. The Morgan fingerprint density at radius 1 is 1.40 bits per heavy atom. The normalized spacial score (nSPS) is 10.7. The first kappa shape index (κ1) is 15.4. The Hall–Kier alpha value is -0.950. The summed E-state index contributed by atoms with van der Waals surface area (Å²) in [6.45, 7) is 1.34. The highest BCUT2D eigenvalue weighted by Crippen LogP contribution is 2.32. The fourth-order valence-electron chi connectivity index (χ4n) is 1.65. The molecule has 0 unspecified atom stereocenters. The number of nitrogens with zero attached hydrogens (tertiary/aromatic N) is 1. The van der Waals surface area contributed by atoms with Gasteiger partial charge in [0.1, 0.15) is 5.01 Å². The summed E-state index contributed by atoms with van der Waals surface area (Å²) in [6.07, 6.45) is 2.16. The highest BCUT2D eigenvalue weighted by molar-refractivity contribution is 7.23. The minimum Gasteiger partial charge on any atom is -0.356 e. The van der Waals surface area contributed by atoms with Gasteiger partial charge in [0.25, 0.3) is 0 Å². The molecule has 0 aliphatic heterocycles. The molecule has 2 heterocycles. The highest BCUT2D eigenvalue weighted by Gasteiger charge is 2.10. The molecule has 2 aromatic rings. The zero-order chi connectivity index (χ0) is 14.4. The summed E-state index contributed by atoms with van der Waals surface area (Å²) in [4.78, 5) is 17.2. The predicted octanol–water partition coefficient (Wildman–Crippen LogP) is 2.92. The first-order chi connectivity index (χ1) is 9.69. The summed E-state index contributed by atoms with van der Waals surface area (Å²) in [5.74, 6) is 0.00286. The molecule has 0 atom stereocenters. The largest absolute Gasteiger partial charge is 0.356 e. The topological polar surface area (TPSA) is 68.0 Å². The van der Waals surface area contributed by atoms with Gasteiger partial charge >= 0.3 is 0 Å². The van der Waals surface area contributed by atoms with Gasteiger partial charge in [0.2, 0.25) is 5.91 Å². The van der Waals surface area contributed by atoms with Crippen molar-refractivity contribution in [3.8, 4) is 9.88 Å². The van der Waals surface area contributed by atoms with E-state index in [2.05, 4.69) is 10.3 Å². The fraction of sp³-hybridized carbons (Fsp3) is 0.385. The van der Waals surface area contributed by atoms with Crippen LogP contribution < -0.4 is 11.1 Å². The number of nitrogens with one attached hydrogen (secondary N) is 1. The summed E-state index contributed by atoms with van der Waals surface area (Å²) in [6, 6.07) is 3.80. The lowest BCUT2D eigenvalue weighted by atomic mass is 10.3. The average molecular weight is 330 g/mol. The highest BCUT2D eigenvalue weighted by atomic mass is 35.5. The van der Waals surface area contributed by atoms with Gasteiger partial charge in [-0.15, -0.1) is 22.7 Å². The van der Waals surface area contributed by atoms with Crippen molar-refractivity contribution < 1.29 is 4.79 Å². The van der Waals surface area contributed by atoms with Crippen LogP contribution in [0.1, 0.15) is 18.5 Å². The molecule has 2 aromatic heterocycles. The van der Waals surface area contributed by atoms with Crippen LogP contribution in [0.4, 0.5) is 0 Å². The Morgan fingerprint density at radius 2 is 2.25 bits per heavy atom. The first-order valence-corrected chi connectivity index (χ1v) is 8.43. The monoisotopic (exact) mass is 329 g/mol. The van der Waals surface area contributed by atoms with Crippen LogP contribution in [0, 0.1) is 0 Å². The molecule has 0 saturated carbocycles. The number of hydrogen-bond acceptors (Lipinski definition) is 5. The Balaban J connectivity index is 1.85. The van der Waals surface area contributed by atoms with Gasteiger partial charge < -0.3 is 11.1 Å². The van der Waals surface area contributed by atoms with E-state index < -0.39 is 0 Å². The summed E-state index contributed by atoms with van der Waals surface area (Å²) < 4.78 is 0.745. The molecule has 0 fully saturated rings. The number of rotatable bonds is 7. The molecule has 108 valence electrons. The molecule has 0 bridgehead atoms. The third-order valence-electron chi connectivity index (χ3n) is 2.63. The quantitative estimate of drug-likeness (QED) is 0.767. The van der Waals surface area contributed by atoms with Gasteiger partial charge in [-0.1, -0.05) is 11.6 Å². The summed E-state index contributed by atoms with van der Waals surface area (Å²) in [5.41, 5.74) is 6.20. The second kappa shape index (κ2) is 7.73. The smallest absolute Gasteiger partial charge is 0.226 e. The molecule has 4 nitrogen and oxygen atoms in total. The molecule has 7 heteroatoms. The van der Waals surface area contributed by atoms with Gasteiger partial charge in [0.05, 0.1) is 21.3 Å². The maximum absolute atomic E-state index is 11.7. The first-order valence-electron chi connectivity index (χ1n) is 6.36. The van der Waals surface area contributed by atoms with Crippen molar-refractivity contribution in [2.24, 2.45) is 5.73 Å². The van der Waals surface area contributed by atoms with Crippen LogP contribution in [-0.2, 0) is 11.2 Å². The zero-order valence-electron chi connectivity index (χ0n) is 10.9. The third-order valence-corrected chi connectivity index (χ3v) is 4.92. The number of aromatic nitrogens is 1. The predicted molar refractivity (Wildman–Crippen MR) is 85.4 cm³/mol. The van der Waals surface area contributed by atoms with Gasteiger partial charge in [-0.05, 0) is 31.5 Å². The van der Waals surface area contributed by atoms with E-state index in [0.717, 1.165) is 32.8 Å². The van der Waals surface area contributed by atoms with Crippen molar-refractivity contribution in [3.05, 3.63) is 27.5 Å². The van der Waals surface area contributed by atoms with Crippen LogP contribution in [0.5, 0.6) is 0 Å². The SMILES string of the molecule is NCCCCNC(=O)Cc1csc(-c2ccc(Cl)s2)n1. The van der Waals surface area contributed by atoms with E-state index >= 15 is 0 Å². The van der Waals surface area contributed by atoms with Crippen LogP contribution in [-0.4, -0.2) is 24.0 Å². The molecule has 3 N–H and O–H groups in total. The van der Waals surface area contributed by atoms with E-state index in [1.54, 1.807) is 0 Å². The van der Waals surface area contributed by atoms with Crippen molar-refractivity contribution in [3.63, 3.8) is 0 Å². The summed E-state index contributed by atoms with van der Waals surface area (Å²) >= 11 is 8.93. The van der Waals surface area contributed by atoms with Gasteiger partial charge in [-0.2, -0.15) is 0 Å². The Labute approximate surface area is 131 Å². The molecule has 0 aromatic carbocycles. The second-order valence-electron chi connectivity index (χ2n) is 4.27. The lowest BCUT2D eigenvalue weighted by Gasteiger charge is -2.02. The Kier molecular flexibility index (Phi) is 5.97. The number of halogens is 1. The van der Waals surface area contributed by atoms with Gasteiger partial charge in [0, 0.05) is 11.9 Å². The van der Waals surface area contributed by atoms with Gasteiger partial charge in [0.15, 0.2) is 0 Å². The molecular formula is C13H16ClN3OS2. The molecular weight excluding hydrogens is 314 g/mol. The van der Waals surface area contributed by atoms with Crippen molar-refractivity contribution in [1.29, 1.82) is 0 Å². The van der Waals surface area contributed by atoms with E-state index in [0.29, 0.717) is 19.5 Å². The summed E-state index contributed by atoms with van der Waals surface area (Å²) in [7, 11) is 0. The standard InChI is InChI=1S/C13H16ClN3OS2/c14-11-4-3-10(20-11)13-17-9(8-19-13)7-12(18)16-6-2-1-5-15/h3-4,8H,1-2,5-7,15H2,(H,16,18). The average Bonchev–Trinajstić information content (AvgIpc) is 3.04. The number of nitrogens with two attached hydrogens (primary N) is 1. The molecule has 0 aliphatic carbocycles. The lowest BCUT2D eigenvalue weighted by Crippen LogP contribution is -2.26. The van der Waals surface area contributed by atoms with E-state index in [4.69, 9.17) is 17.3 Å². The van der Waals surface area contributed by atoms with Crippen LogP contribution in [0.3, 0.4) is 0 Å². The number of hydrogen-bond donors (Lipinski definition) is 2. The minimum absolute atomic E-state index is 0.00286. The number of thiophene rings is 1. The van der Waals surface area contributed by atoms with Crippen LogP contribution in [0.25, 0.3) is 9.88 Å². The van der Waals surface area contributed by atoms with E-state index in [-0.39, 0.29) is 5.91 Å². The number of thiazole rings is 1. The van der Waals surface area contributed by atoms with Crippen molar-refractivity contribution in [1.82, 2.24) is 10.3 Å². The molecule has 20 heavy (non-hydrogen) atoms. The van der Waals surface area contributed by atoms with E-state index in [1.807, 2.05) is 17.5 Å². The van der Waals surface area contributed by atoms with Gasteiger partial charge in [-0.3, -0.25) is 4.79 Å². The summed E-state index contributed by atoms with van der Waals surface area (Å²) in [5, 5.41) is 5.70. The molecule has 1 amide bonds. The number of amides is 1. The number of carbonyl (C=O) groups is 1. The Morgan fingerprint density at radius 3 is 2.95 bits per heavy atom. The second-order valence-corrected chi connectivity index (χ2v) is 6.84. The molecule has 0 radical (unpaired) electrons. The van der Waals surface area contributed by atoms with E-state index in [1.165, 1.54) is 22.7 Å². The molecule has 0 saturated heterocycles. The van der Waals surface area contributed by atoms with E-state index in [9.17, 15) is 4.79 Å². The maximum atomic E-state index is 11.7. The molecule has 2 rings (SSSR count). The molecule has 0 spiro atoms. The Bertz CT molecular complexity index is 567. The molecule has 0 aliphatic rings. The minimum atomic E-state index is 0.00286. The lowest BCUT2D eigenvalue weighted by molar-refractivity contribution is -0.120. The maximum Gasteiger partial charge on any atom is 0.226 e. The van der Waals surface area contributed by atoms with Crippen molar-refractivity contribution >= 4 is 40.2 Å². The van der Waals surface area contributed by atoms with Crippen LogP contribution in [0.15, 0.2) is 17.5 Å². The van der Waals surface area contributed by atoms with Crippen molar-refractivity contribution in [2.45, 2.75) is 19.3 Å². The third kappa shape index (κ3) is 4.56. The number of unbranched alkanes of at least 4 members (excludes halogenated alkanes) is 1. The van der Waals surface area contributed by atoms with Gasteiger partial charge in [-0.25, -0.2) is 4.98 Å². The fourth-order valence-corrected chi connectivity index (χ4v) is 3.59. The van der Waals surface area contributed by atoms with Crippen molar-refractivity contribution in [2.75, 3.05) is 13.1 Å². The van der Waals surface area contributed by atoms with Crippen LogP contribution >= 0.6 is 34.3 Å².